The van der Waals surface area contributed by atoms with Gasteiger partial charge in [0.2, 0.25) is 5.91 Å². The number of aromatic hydroxyl groups is 1. The minimum atomic E-state index is -1.57. The Hall–Kier alpha value is -2.07. The Kier molecular flexibility index (Phi) is 13.5. The van der Waals surface area contributed by atoms with Crippen molar-refractivity contribution in [3.05, 3.63) is 29.8 Å². The number of carbonyl (C=O) groups is 1. The lowest BCUT2D eigenvalue weighted by atomic mass is 9.83. The Labute approximate surface area is 267 Å². The standard InChI is InChI=1S/C29H50N6O11/c30-8-7-19(38)27(42)35-17-9-16(32)25(24(41)26(17)46-29-23(40)21(33)22(39)20(12-36)44-29)45-28-15(31)6-5-14(43-28)11-34-10-13-3-1-2-4-18(13)37/h1-4,14-17,19-26,28-29,34,36-41H,5-12,30-33H2,(H,35,42)/t14?,15?,16-,17+,19-,20?,21-,22-,23?,24?,25?,26+,28-,29-/m0/s1. The van der Waals surface area contributed by atoms with Gasteiger partial charge in [-0.05, 0) is 38.3 Å². The third-order valence-corrected chi connectivity index (χ3v) is 8.79. The van der Waals surface area contributed by atoms with Crippen molar-refractivity contribution >= 4 is 5.91 Å². The van der Waals surface area contributed by atoms with Gasteiger partial charge in [-0.15, -0.1) is 0 Å². The van der Waals surface area contributed by atoms with E-state index in [1.165, 1.54) is 0 Å². The average molecular weight is 659 g/mol. The number of ether oxygens (including phenoxy) is 4. The SMILES string of the molecule is NCC[C@H](O)C(=O)N[C@@H]1C[C@H](N)C(O[C@@H]2OC(CNCc3ccccc3O)CCC2N)C(O)[C@@H]1O[C@@H]1OC(CO)[C@H](O)[C@H](N)C1O. The minimum Gasteiger partial charge on any atom is -0.508 e. The third kappa shape index (κ3) is 8.88. The van der Waals surface area contributed by atoms with Crippen LogP contribution >= 0.6 is 0 Å². The van der Waals surface area contributed by atoms with Crippen molar-refractivity contribution in [1.82, 2.24) is 10.6 Å². The predicted molar refractivity (Wildman–Crippen MR) is 161 cm³/mol. The molecule has 17 heteroatoms. The van der Waals surface area contributed by atoms with Crippen LogP contribution in [0.3, 0.4) is 0 Å². The van der Waals surface area contributed by atoms with Crippen LogP contribution < -0.4 is 33.6 Å². The van der Waals surface area contributed by atoms with E-state index in [-0.39, 0.29) is 31.2 Å². The molecule has 14 atom stereocenters. The highest BCUT2D eigenvalue weighted by atomic mass is 16.7. The van der Waals surface area contributed by atoms with Crippen molar-refractivity contribution in [2.45, 2.75) is 118 Å². The Morgan fingerprint density at radius 2 is 1.70 bits per heavy atom. The fourth-order valence-electron chi connectivity index (χ4n) is 6.03. The van der Waals surface area contributed by atoms with E-state index >= 15 is 0 Å². The number of carbonyl (C=O) groups excluding carboxylic acids is 1. The van der Waals surface area contributed by atoms with Crippen LogP contribution in [-0.2, 0) is 30.3 Å². The Balaban J connectivity index is 1.46. The second-order valence-corrected chi connectivity index (χ2v) is 12.2. The number of nitrogens with one attached hydrogen (secondary N) is 2. The van der Waals surface area contributed by atoms with Crippen LogP contribution in [0.4, 0.5) is 0 Å². The van der Waals surface area contributed by atoms with Crippen molar-refractivity contribution in [2.75, 3.05) is 19.7 Å². The number of para-hydroxylation sites is 1. The van der Waals surface area contributed by atoms with Crippen molar-refractivity contribution in [3.8, 4) is 5.75 Å². The van der Waals surface area contributed by atoms with Gasteiger partial charge in [0.15, 0.2) is 12.6 Å². The van der Waals surface area contributed by atoms with Crippen LogP contribution in [0.1, 0.15) is 31.2 Å². The number of nitrogens with two attached hydrogens (primary N) is 4. The zero-order valence-corrected chi connectivity index (χ0v) is 25.6. The molecule has 2 aliphatic heterocycles. The molecule has 1 saturated carbocycles. The molecule has 46 heavy (non-hydrogen) atoms. The quantitative estimate of drug-likeness (QED) is 0.0945. The molecule has 17 nitrogen and oxygen atoms in total. The summed E-state index contributed by atoms with van der Waals surface area (Å²) in [5, 5.41) is 68.3. The van der Waals surface area contributed by atoms with E-state index in [4.69, 9.17) is 41.9 Å². The van der Waals surface area contributed by atoms with E-state index in [9.17, 15) is 35.4 Å². The zero-order valence-electron chi connectivity index (χ0n) is 25.6. The molecule has 3 aliphatic rings. The fraction of sp³-hybridized carbons (Fsp3) is 0.759. The summed E-state index contributed by atoms with van der Waals surface area (Å²) in [6.45, 7) is 0.265. The van der Waals surface area contributed by atoms with Crippen LogP contribution in [0.15, 0.2) is 24.3 Å². The number of aliphatic hydroxyl groups is 5. The summed E-state index contributed by atoms with van der Waals surface area (Å²) in [5.74, 6) is -0.593. The maximum Gasteiger partial charge on any atom is 0.249 e. The lowest BCUT2D eigenvalue weighted by Gasteiger charge is -2.48. The van der Waals surface area contributed by atoms with E-state index < -0.39 is 92.0 Å². The van der Waals surface area contributed by atoms with Crippen LogP contribution in [0, 0.1) is 0 Å². The van der Waals surface area contributed by atoms with Gasteiger partial charge >= 0.3 is 0 Å². The molecule has 262 valence electrons. The van der Waals surface area contributed by atoms with E-state index in [1.807, 2.05) is 12.1 Å². The number of amides is 1. The monoisotopic (exact) mass is 658 g/mol. The first-order chi connectivity index (χ1) is 21.9. The molecular weight excluding hydrogens is 608 g/mol. The summed E-state index contributed by atoms with van der Waals surface area (Å²) in [7, 11) is 0. The van der Waals surface area contributed by atoms with Crippen LogP contribution in [0.5, 0.6) is 5.75 Å². The van der Waals surface area contributed by atoms with E-state index in [2.05, 4.69) is 10.6 Å². The minimum absolute atomic E-state index is 0.00190. The smallest absolute Gasteiger partial charge is 0.249 e. The summed E-state index contributed by atoms with van der Waals surface area (Å²) >= 11 is 0. The second kappa shape index (κ2) is 16.8. The van der Waals surface area contributed by atoms with Crippen molar-refractivity contribution in [1.29, 1.82) is 0 Å². The van der Waals surface area contributed by atoms with Gasteiger partial charge in [-0.25, -0.2) is 0 Å². The molecule has 16 N–H and O–H groups in total. The largest absolute Gasteiger partial charge is 0.508 e. The molecule has 1 aromatic rings. The summed E-state index contributed by atoms with van der Waals surface area (Å²) < 4.78 is 23.9. The molecule has 4 rings (SSSR count). The Morgan fingerprint density at radius 1 is 0.978 bits per heavy atom. The number of benzene rings is 1. The molecular formula is C29H50N6O11. The highest BCUT2D eigenvalue weighted by Gasteiger charge is 2.51. The average Bonchev–Trinajstić information content (AvgIpc) is 3.03. The Bertz CT molecular complexity index is 1110. The van der Waals surface area contributed by atoms with Gasteiger partial charge in [0.1, 0.15) is 48.5 Å². The van der Waals surface area contributed by atoms with E-state index in [0.29, 0.717) is 25.9 Å². The molecule has 6 unspecified atom stereocenters. The van der Waals surface area contributed by atoms with Gasteiger partial charge in [0.05, 0.1) is 30.8 Å². The molecule has 0 radical (unpaired) electrons. The summed E-state index contributed by atoms with van der Waals surface area (Å²) in [4.78, 5) is 12.7. The summed E-state index contributed by atoms with van der Waals surface area (Å²) in [6, 6.07) is 3.31. The number of aliphatic hydroxyl groups excluding tert-OH is 5. The topological polar surface area (TPSA) is 304 Å². The maximum absolute atomic E-state index is 12.7. The molecule has 1 aliphatic carbocycles. The van der Waals surface area contributed by atoms with Gasteiger partial charge in [-0.2, -0.15) is 0 Å². The number of hydrogen-bond acceptors (Lipinski definition) is 16. The summed E-state index contributed by atoms with van der Waals surface area (Å²) in [5.41, 5.74) is 24.9. The van der Waals surface area contributed by atoms with Crippen LogP contribution in [0.2, 0.25) is 0 Å². The number of hydrogen-bond donors (Lipinski definition) is 12. The van der Waals surface area contributed by atoms with Crippen molar-refractivity contribution in [3.63, 3.8) is 0 Å². The van der Waals surface area contributed by atoms with Crippen molar-refractivity contribution in [2.24, 2.45) is 22.9 Å². The maximum atomic E-state index is 12.7. The molecule has 2 saturated heterocycles. The lowest BCUT2D eigenvalue weighted by Crippen LogP contribution is -2.69. The molecule has 2 heterocycles. The number of phenols is 1. The first kappa shape index (κ1) is 36.8. The van der Waals surface area contributed by atoms with E-state index in [0.717, 1.165) is 5.56 Å². The first-order valence-electron chi connectivity index (χ1n) is 15.6. The lowest BCUT2D eigenvalue weighted by molar-refractivity contribution is -0.314. The predicted octanol–water partition coefficient (Wildman–Crippen LogP) is -4.86. The highest BCUT2D eigenvalue weighted by Crippen LogP contribution is 2.31. The van der Waals surface area contributed by atoms with Gasteiger partial charge in [0, 0.05) is 24.7 Å². The van der Waals surface area contributed by atoms with Gasteiger partial charge in [-0.3, -0.25) is 4.79 Å². The zero-order chi connectivity index (χ0) is 33.5. The van der Waals surface area contributed by atoms with Crippen molar-refractivity contribution < 1.29 is 54.4 Å². The van der Waals surface area contributed by atoms with Gasteiger partial charge < -0.3 is 83.2 Å². The normalized spacial score (nSPS) is 39.1. The second-order valence-electron chi connectivity index (χ2n) is 12.2. The fourth-order valence-corrected chi connectivity index (χ4v) is 6.03. The first-order valence-corrected chi connectivity index (χ1v) is 15.6. The van der Waals surface area contributed by atoms with Gasteiger partial charge in [-0.1, -0.05) is 18.2 Å². The number of rotatable bonds is 13. The molecule has 0 bridgehead atoms. The third-order valence-electron chi connectivity index (χ3n) is 8.79. The molecule has 0 spiro atoms. The Morgan fingerprint density at radius 3 is 2.39 bits per heavy atom. The van der Waals surface area contributed by atoms with Gasteiger partial charge in [0.25, 0.3) is 0 Å². The number of phenolic OH excluding ortho intramolecular Hbond substituents is 1. The van der Waals surface area contributed by atoms with E-state index in [1.54, 1.807) is 12.1 Å². The molecule has 1 amide bonds. The highest BCUT2D eigenvalue weighted by molar-refractivity contribution is 5.80. The van der Waals surface area contributed by atoms with Crippen LogP contribution in [-0.4, -0.2) is 142 Å². The molecule has 0 aromatic heterocycles. The molecule has 3 fully saturated rings. The van der Waals surface area contributed by atoms with Crippen LogP contribution in [0.25, 0.3) is 0 Å². The summed E-state index contributed by atoms with van der Waals surface area (Å²) in [6.07, 6.45) is -11.2. The molecule has 1 aromatic carbocycles.